The first kappa shape index (κ1) is 50.6. The number of benzene rings is 6. The van der Waals surface area contributed by atoms with E-state index in [1.807, 2.05) is 151 Å². The number of rotatable bonds is 11. The molecule has 4 amide bonds. The molecule has 14 nitrogen and oxygen atoms in total. The number of allylic oxidation sites excluding steroid dienone is 2. The highest BCUT2D eigenvalue weighted by atomic mass is 16.7. The van der Waals surface area contributed by atoms with Crippen molar-refractivity contribution in [3.8, 4) is 29.1 Å². The van der Waals surface area contributed by atoms with E-state index in [0.717, 1.165) is 53.5 Å². The van der Waals surface area contributed by atoms with Gasteiger partial charge in [0.1, 0.15) is 29.9 Å². The number of nitrogens with zero attached hydrogens (tertiary/aromatic N) is 4. The molecule has 7 atom stereocenters. The zero-order valence-corrected chi connectivity index (χ0v) is 43.5. The van der Waals surface area contributed by atoms with Crippen molar-refractivity contribution in [1.82, 2.24) is 20.0 Å². The molecule has 14 heteroatoms. The normalized spacial score (nSPS) is 23.9. The number of ether oxygens (including phenoxy) is 4. The monoisotopic (exact) mass is 1040 g/mol. The Hall–Kier alpha value is -8.22. The number of aliphatic hydroxyl groups is 1. The number of cyclic esters (lactones) is 1. The number of urea groups is 1. The van der Waals surface area contributed by atoms with E-state index in [4.69, 9.17) is 18.9 Å². The molecule has 1 spiro atoms. The van der Waals surface area contributed by atoms with Crippen molar-refractivity contribution in [2.24, 2.45) is 5.92 Å². The molecule has 2 N–H and O–H groups in total. The Labute approximate surface area is 454 Å². The zero-order chi connectivity index (χ0) is 53.3. The maximum Gasteiger partial charge on any atom is 0.329 e. The van der Waals surface area contributed by atoms with Gasteiger partial charge >= 0.3 is 12.0 Å². The highest BCUT2D eigenvalue weighted by Gasteiger charge is 2.76. The molecule has 0 radical (unpaired) electrons. The standard InChI is InChI=1S/C64H61N5O9/c1-42(46-17-8-3-9-18-46)65-63(74)68-52-29-27-44(26-25-43-15-6-2-7-16-43)37-51(52)64(62(68)73)55(60(71)67-33-31-66(32-34-67)40-45-28-30-53-54(38-45)77-41-76-53)57-61(72)78-58(48-21-12-5-13-22-48)56(47-19-10-4-11-20-47)69(57)59(64)49-23-14-24-50(39-49)75-36-35-70/h3-5,8-15,17-24,27-30,37-39,42,55-59,70H,2,6-7,16,31-36,40-41H2,1H3,(H,65,74)/t42-,55-,56-,57-,58+,59+,64-/m1/s1. The minimum atomic E-state index is -1.98. The van der Waals surface area contributed by atoms with Gasteiger partial charge in [0.15, 0.2) is 11.5 Å². The van der Waals surface area contributed by atoms with Gasteiger partial charge in [-0.3, -0.25) is 24.2 Å². The first-order chi connectivity index (χ1) is 38.2. The van der Waals surface area contributed by atoms with Crippen LogP contribution in [0.15, 0.2) is 163 Å². The molecule has 3 saturated heterocycles. The summed E-state index contributed by atoms with van der Waals surface area (Å²) in [5, 5.41) is 13.1. The first-order valence-corrected chi connectivity index (χ1v) is 27.1. The summed E-state index contributed by atoms with van der Waals surface area (Å²) >= 11 is 0. The van der Waals surface area contributed by atoms with Gasteiger partial charge in [0.2, 0.25) is 18.6 Å². The average Bonchev–Trinajstić information content (AvgIpc) is 2.88. The Kier molecular flexibility index (Phi) is 14.0. The van der Waals surface area contributed by atoms with Gasteiger partial charge in [-0.25, -0.2) is 9.69 Å². The van der Waals surface area contributed by atoms with Crippen LogP contribution in [0.4, 0.5) is 10.5 Å². The largest absolute Gasteiger partial charge is 0.491 e. The fraction of sp³-hybridized carbons (Fsp3) is 0.312. The van der Waals surface area contributed by atoms with Crippen LogP contribution in [-0.4, -0.2) is 95.8 Å². The van der Waals surface area contributed by atoms with Crippen LogP contribution in [0.25, 0.3) is 0 Å². The summed E-state index contributed by atoms with van der Waals surface area (Å²) in [6.07, 6.45) is 5.20. The average molecular weight is 1040 g/mol. The minimum absolute atomic E-state index is 0.00379. The van der Waals surface area contributed by atoms with Crippen LogP contribution in [0.2, 0.25) is 0 Å². The van der Waals surface area contributed by atoms with E-state index < -0.39 is 65.4 Å². The van der Waals surface area contributed by atoms with Crippen LogP contribution in [0, 0.1) is 17.8 Å². The number of esters is 1. The van der Waals surface area contributed by atoms with E-state index in [0.29, 0.717) is 66.7 Å². The third kappa shape index (κ3) is 9.25. The number of hydrogen-bond donors (Lipinski definition) is 2. The summed E-state index contributed by atoms with van der Waals surface area (Å²) in [6, 6.07) is 43.1. The molecule has 0 saturated carbocycles. The highest BCUT2D eigenvalue weighted by Crippen LogP contribution is 2.66. The topological polar surface area (TPSA) is 150 Å². The van der Waals surface area contributed by atoms with Crippen molar-refractivity contribution in [3.05, 3.63) is 202 Å². The number of amides is 4. The molecule has 0 aromatic heterocycles. The number of morpholine rings is 1. The third-order valence-electron chi connectivity index (χ3n) is 16.3. The number of nitrogens with one attached hydrogen (secondary N) is 1. The van der Waals surface area contributed by atoms with Crippen molar-refractivity contribution in [1.29, 1.82) is 0 Å². The summed E-state index contributed by atoms with van der Waals surface area (Å²) in [7, 11) is 0. The van der Waals surface area contributed by atoms with Gasteiger partial charge in [-0.1, -0.05) is 127 Å². The van der Waals surface area contributed by atoms with Gasteiger partial charge in [0.05, 0.1) is 36.3 Å². The summed E-state index contributed by atoms with van der Waals surface area (Å²) in [4.78, 5) is 72.2. The molecular weight excluding hydrogens is 983 g/mol. The predicted molar refractivity (Wildman–Crippen MR) is 292 cm³/mol. The van der Waals surface area contributed by atoms with E-state index in [1.54, 1.807) is 17.0 Å². The lowest BCUT2D eigenvalue weighted by molar-refractivity contribution is -0.179. The second-order valence-electron chi connectivity index (χ2n) is 20.9. The maximum absolute atomic E-state index is 17.1. The molecule has 5 aliphatic heterocycles. The third-order valence-corrected chi connectivity index (χ3v) is 16.3. The second kappa shape index (κ2) is 21.7. The lowest BCUT2D eigenvalue weighted by Crippen LogP contribution is -2.59. The van der Waals surface area contributed by atoms with Gasteiger partial charge in [0, 0.05) is 38.3 Å². The van der Waals surface area contributed by atoms with E-state index in [9.17, 15) is 5.11 Å². The van der Waals surface area contributed by atoms with Crippen LogP contribution < -0.4 is 24.4 Å². The van der Waals surface area contributed by atoms with Crippen molar-refractivity contribution in [2.75, 3.05) is 51.1 Å². The Morgan fingerprint density at radius 1 is 0.769 bits per heavy atom. The molecule has 0 unspecified atom stereocenters. The van der Waals surface area contributed by atoms with E-state index >= 15 is 19.2 Å². The number of hydrogen-bond acceptors (Lipinski definition) is 11. The fourth-order valence-corrected chi connectivity index (χ4v) is 12.7. The van der Waals surface area contributed by atoms with Crippen LogP contribution in [-0.2, 0) is 31.1 Å². The smallest absolute Gasteiger partial charge is 0.329 e. The van der Waals surface area contributed by atoms with Gasteiger partial charge in [-0.2, -0.15) is 0 Å². The van der Waals surface area contributed by atoms with Gasteiger partial charge in [0.25, 0.3) is 0 Å². The Balaban J connectivity index is 1.07. The quantitative estimate of drug-likeness (QED) is 0.0945. The number of imide groups is 1. The van der Waals surface area contributed by atoms with Crippen LogP contribution in [0.5, 0.6) is 17.2 Å². The molecular formula is C64H61N5O9. The molecule has 5 heterocycles. The van der Waals surface area contributed by atoms with E-state index in [2.05, 4.69) is 28.1 Å². The number of piperazine rings is 1. The molecule has 3 fully saturated rings. The van der Waals surface area contributed by atoms with Crippen molar-refractivity contribution in [2.45, 2.75) is 74.8 Å². The van der Waals surface area contributed by atoms with Crippen LogP contribution in [0.3, 0.4) is 0 Å². The van der Waals surface area contributed by atoms with Crippen LogP contribution in [0.1, 0.15) is 95.8 Å². The number of fused-ring (bicyclic) bond motifs is 4. The van der Waals surface area contributed by atoms with Gasteiger partial charge in [-0.15, -0.1) is 0 Å². The Morgan fingerprint density at radius 3 is 2.24 bits per heavy atom. The highest BCUT2D eigenvalue weighted by molar-refractivity contribution is 6.24. The van der Waals surface area contributed by atoms with Crippen molar-refractivity contribution >= 4 is 29.5 Å². The van der Waals surface area contributed by atoms with Crippen molar-refractivity contribution < 1.29 is 43.2 Å². The van der Waals surface area contributed by atoms with E-state index in [-0.39, 0.29) is 25.7 Å². The molecule has 12 rings (SSSR count). The Bertz CT molecular complexity index is 3340. The predicted octanol–water partition coefficient (Wildman–Crippen LogP) is 9.12. The zero-order valence-electron chi connectivity index (χ0n) is 43.5. The maximum atomic E-state index is 17.1. The Morgan fingerprint density at radius 2 is 1.50 bits per heavy atom. The number of carbonyl (C=O) groups excluding carboxylic acids is 4. The fourth-order valence-electron chi connectivity index (χ4n) is 12.7. The van der Waals surface area contributed by atoms with Gasteiger partial charge in [-0.05, 0) is 114 Å². The van der Waals surface area contributed by atoms with Gasteiger partial charge < -0.3 is 34.3 Å². The molecule has 1 aliphatic carbocycles. The molecule has 6 aliphatic rings. The number of carbonyl (C=O) groups is 4. The van der Waals surface area contributed by atoms with E-state index in [1.165, 1.54) is 4.90 Å². The first-order valence-electron chi connectivity index (χ1n) is 27.1. The summed E-state index contributed by atoms with van der Waals surface area (Å²) < 4.78 is 24.1. The molecule has 396 valence electrons. The lowest BCUT2D eigenvalue weighted by Gasteiger charge is -2.46. The summed E-state index contributed by atoms with van der Waals surface area (Å²) in [5.74, 6) is 5.46. The van der Waals surface area contributed by atoms with Crippen molar-refractivity contribution in [3.63, 3.8) is 0 Å². The molecule has 78 heavy (non-hydrogen) atoms. The molecule has 6 aromatic carbocycles. The number of anilines is 1. The number of aliphatic hydroxyl groups excluding tert-OH is 1. The second-order valence-corrected chi connectivity index (χ2v) is 20.9. The lowest BCUT2D eigenvalue weighted by atomic mass is 9.64. The SMILES string of the molecule is C[C@@H](NC(=O)N1C(=O)[C@@]2(c3cc(C#CC4=CCCCC4)ccc31)[C@H](c1cccc(OCCO)c1)N1[C@H](c3ccccc3)[C@H](c3ccccc3)OC(=O)[C@H]1[C@@H]2C(=O)N1CCN(Cc2ccc3c(c2)OCO3)CC1)c1ccccc1. The van der Waals surface area contributed by atoms with Crippen LogP contribution >= 0.6 is 0 Å². The molecule has 6 aromatic rings. The molecule has 0 bridgehead atoms. The summed E-state index contributed by atoms with van der Waals surface area (Å²) in [6.45, 7) is 3.98. The minimum Gasteiger partial charge on any atom is -0.491 e. The summed E-state index contributed by atoms with van der Waals surface area (Å²) in [5.41, 5.74) is 4.26.